The van der Waals surface area contributed by atoms with Crippen LogP contribution in [0.3, 0.4) is 0 Å². The van der Waals surface area contributed by atoms with Crippen molar-refractivity contribution in [2.24, 2.45) is 0 Å². The summed E-state index contributed by atoms with van der Waals surface area (Å²) in [5.74, 6) is 0. The van der Waals surface area contributed by atoms with E-state index in [2.05, 4.69) is 109 Å². The second-order valence-corrected chi connectivity index (χ2v) is 11.0. The average Bonchev–Trinajstić information content (AvgIpc) is 3.47. The molecule has 2 heteroatoms. The summed E-state index contributed by atoms with van der Waals surface area (Å²) in [7, 11) is 0. The molecule has 0 aliphatic rings. The van der Waals surface area contributed by atoms with Crippen LogP contribution in [0.2, 0.25) is 0 Å². The molecule has 0 saturated carbocycles. The van der Waals surface area contributed by atoms with Gasteiger partial charge in [-0.2, -0.15) is 0 Å². The minimum atomic E-state index is 1.29. The molecular weight excluding hydrogens is 448 g/mol. The minimum Gasteiger partial charge on any atom is -0.135 e. The zero-order chi connectivity index (χ0) is 22.2. The Morgan fingerprint density at radius 2 is 1.18 bits per heavy atom. The molecule has 0 fully saturated rings. The highest BCUT2D eigenvalue weighted by molar-refractivity contribution is 7.27. The number of hydrogen-bond acceptors (Lipinski definition) is 2. The summed E-state index contributed by atoms with van der Waals surface area (Å²) in [5.41, 5.74) is 2.61. The Bertz CT molecular complexity index is 2070. The van der Waals surface area contributed by atoms with E-state index < -0.39 is 0 Å². The third-order valence-corrected chi connectivity index (χ3v) is 9.48. The molecule has 2 aromatic heterocycles. The lowest BCUT2D eigenvalue weighted by molar-refractivity contribution is 1.73. The van der Waals surface area contributed by atoms with Crippen LogP contribution >= 0.6 is 22.7 Å². The molecule has 0 unspecified atom stereocenters. The van der Waals surface area contributed by atoms with Gasteiger partial charge in [-0.15, -0.1) is 22.7 Å². The Hall–Kier alpha value is -3.72. The zero-order valence-corrected chi connectivity index (χ0v) is 19.8. The van der Waals surface area contributed by atoms with Crippen LogP contribution in [0.25, 0.3) is 73.0 Å². The van der Waals surface area contributed by atoms with Crippen LogP contribution in [0, 0.1) is 0 Å². The molecule has 0 amide bonds. The van der Waals surface area contributed by atoms with Crippen LogP contribution in [-0.4, -0.2) is 0 Å². The van der Waals surface area contributed by atoms with Gasteiger partial charge in [-0.1, -0.05) is 91.0 Å². The van der Waals surface area contributed by atoms with Crippen molar-refractivity contribution < 1.29 is 0 Å². The van der Waals surface area contributed by atoms with Crippen LogP contribution in [-0.2, 0) is 0 Å². The molecule has 0 aliphatic carbocycles. The van der Waals surface area contributed by atoms with Crippen molar-refractivity contribution in [1.29, 1.82) is 0 Å². The van der Waals surface area contributed by atoms with Gasteiger partial charge in [-0.3, -0.25) is 0 Å². The number of benzene rings is 6. The first-order chi connectivity index (χ1) is 16.8. The molecule has 0 N–H and O–H groups in total. The topological polar surface area (TPSA) is 0 Å². The van der Waals surface area contributed by atoms with Gasteiger partial charge in [0, 0.05) is 40.3 Å². The Labute approximate surface area is 204 Å². The molecule has 34 heavy (non-hydrogen) atoms. The summed E-state index contributed by atoms with van der Waals surface area (Å²) in [6.07, 6.45) is 0. The molecule has 8 rings (SSSR count). The van der Waals surface area contributed by atoms with Crippen molar-refractivity contribution in [3.05, 3.63) is 109 Å². The first-order valence-corrected chi connectivity index (χ1v) is 13.2. The standard InChI is InChI=1S/C32H18S2/c1-2-7-22-19(6-1)14-17-29-30(22)27-10-5-9-23(32(27)34-29)20-12-15-24-21(18-20)13-16-26-25-8-3-4-11-28(25)33-31(24)26/h1-18H. The molecule has 8 aromatic rings. The van der Waals surface area contributed by atoms with E-state index in [9.17, 15) is 0 Å². The lowest BCUT2D eigenvalue weighted by atomic mass is 9.97. The van der Waals surface area contributed by atoms with E-state index in [1.165, 1.54) is 73.0 Å². The van der Waals surface area contributed by atoms with Crippen LogP contribution in [0.5, 0.6) is 0 Å². The minimum absolute atomic E-state index is 1.29. The Kier molecular flexibility index (Phi) is 3.79. The maximum atomic E-state index is 2.37. The van der Waals surface area contributed by atoms with Crippen molar-refractivity contribution >= 4 is 84.6 Å². The average molecular weight is 467 g/mol. The van der Waals surface area contributed by atoms with E-state index in [-0.39, 0.29) is 0 Å². The molecule has 0 radical (unpaired) electrons. The third kappa shape index (κ3) is 2.53. The van der Waals surface area contributed by atoms with Crippen molar-refractivity contribution in [2.45, 2.75) is 0 Å². The third-order valence-electron chi connectivity index (χ3n) is 7.06. The van der Waals surface area contributed by atoms with Gasteiger partial charge < -0.3 is 0 Å². The fourth-order valence-corrected chi connectivity index (χ4v) is 7.97. The highest BCUT2D eigenvalue weighted by Crippen LogP contribution is 2.44. The molecule has 6 aromatic carbocycles. The van der Waals surface area contributed by atoms with Crippen LogP contribution in [0.15, 0.2) is 109 Å². The first kappa shape index (κ1) is 18.7. The molecule has 0 saturated heterocycles. The molecular formula is C32H18S2. The molecule has 0 aliphatic heterocycles. The van der Waals surface area contributed by atoms with E-state index in [0.29, 0.717) is 0 Å². The van der Waals surface area contributed by atoms with Crippen molar-refractivity contribution in [1.82, 2.24) is 0 Å². The second-order valence-electron chi connectivity index (χ2n) is 8.92. The summed E-state index contributed by atoms with van der Waals surface area (Å²) >= 11 is 3.81. The smallest absolute Gasteiger partial charge is 0.0434 e. The molecule has 0 spiro atoms. The summed E-state index contributed by atoms with van der Waals surface area (Å²) in [5, 5.41) is 10.8. The largest absolute Gasteiger partial charge is 0.135 e. The SMILES string of the molecule is c1ccc2c(c1)ccc1sc3c(-c4ccc5c(ccc6c7ccccc7sc56)c4)cccc3c12. The fourth-order valence-electron chi connectivity index (χ4n) is 5.47. The van der Waals surface area contributed by atoms with Gasteiger partial charge in [0.15, 0.2) is 0 Å². The van der Waals surface area contributed by atoms with Gasteiger partial charge in [0.25, 0.3) is 0 Å². The van der Waals surface area contributed by atoms with Gasteiger partial charge in [0.1, 0.15) is 0 Å². The Morgan fingerprint density at radius 3 is 2.15 bits per heavy atom. The molecule has 158 valence electrons. The normalized spacial score (nSPS) is 12.1. The van der Waals surface area contributed by atoms with E-state index in [0.717, 1.165) is 0 Å². The zero-order valence-electron chi connectivity index (χ0n) is 18.2. The molecule has 0 atom stereocenters. The Balaban J connectivity index is 1.40. The first-order valence-electron chi connectivity index (χ1n) is 11.5. The molecule has 2 heterocycles. The summed E-state index contributed by atoms with van der Waals surface area (Å²) in [6.45, 7) is 0. The van der Waals surface area contributed by atoms with Crippen LogP contribution in [0.1, 0.15) is 0 Å². The lowest BCUT2D eigenvalue weighted by Gasteiger charge is -2.07. The number of thiophene rings is 2. The maximum Gasteiger partial charge on any atom is 0.0434 e. The number of hydrogen-bond donors (Lipinski definition) is 0. The van der Waals surface area contributed by atoms with Gasteiger partial charge in [0.2, 0.25) is 0 Å². The van der Waals surface area contributed by atoms with Gasteiger partial charge in [-0.05, 0) is 50.9 Å². The van der Waals surface area contributed by atoms with Crippen molar-refractivity contribution in [3.8, 4) is 11.1 Å². The van der Waals surface area contributed by atoms with Gasteiger partial charge in [0.05, 0.1) is 0 Å². The molecule has 0 bridgehead atoms. The lowest BCUT2D eigenvalue weighted by Crippen LogP contribution is -1.80. The number of rotatable bonds is 1. The van der Waals surface area contributed by atoms with Crippen LogP contribution in [0.4, 0.5) is 0 Å². The Morgan fingerprint density at radius 1 is 0.412 bits per heavy atom. The van der Waals surface area contributed by atoms with E-state index in [4.69, 9.17) is 0 Å². The highest BCUT2D eigenvalue weighted by Gasteiger charge is 2.14. The van der Waals surface area contributed by atoms with Gasteiger partial charge >= 0.3 is 0 Å². The van der Waals surface area contributed by atoms with E-state index in [1.807, 2.05) is 22.7 Å². The summed E-state index contributed by atoms with van der Waals surface area (Å²) in [6, 6.07) is 40.4. The van der Waals surface area contributed by atoms with E-state index >= 15 is 0 Å². The number of fused-ring (bicyclic) bond motifs is 10. The second kappa shape index (κ2) is 6.89. The highest BCUT2D eigenvalue weighted by atomic mass is 32.1. The van der Waals surface area contributed by atoms with Crippen molar-refractivity contribution in [3.63, 3.8) is 0 Å². The van der Waals surface area contributed by atoms with E-state index in [1.54, 1.807) is 0 Å². The maximum absolute atomic E-state index is 2.37. The predicted molar refractivity (Wildman–Crippen MR) is 153 cm³/mol. The monoisotopic (exact) mass is 466 g/mol. The molecule has 0 nitrogen and oxygen atoms in total. The predicted octanol–water partition coefficient (Wildman–Crippen LogP) is 10.4. The summed E-state index contributed by atoms with van der Waals surface area (Å²) < 4.78 is 5.47. The van der Waals surface area contributed by atoms with Crippen LogP contribution < -0.4 is 0 Å². The summed E-state index contributed by atoms with van der Waals surface area (Å²) in [4.78, 5) is 0. The van der Waals surface area contributed by atoms with Crippen molar-refractivity contribution in [2.75, 3.05) is 0 Å². The quantitative estimate of drug-likeness (QED) is 0.226. The van der Waals surface area contributed by atoms with Gasteiger partial charge in [-0.25, -0.2) is 0 Å². The fraction of sp³-hybridized carbons (Fsp3) is 0.